The molecule has 1 fully saturated rings. The normalized spacial score (nSPS) is 22.4. The minimum Gasteiger partial charge on any atom is -0.480 e. The van der Waals surface area contributed by atoms with Crippen LogP contribution in [-0.4, -0.2) is 42.1 Å². The van der Waals surface area contributed by atoms with Crippen molar-refractivity contribution in [2.75, 3.05) is 13.1 Å². The molecule has 2 atom stereocenters. The van der Waals surface area contributed by atoms with Crippen molar-refractivity contribution in [3.8, 4) is 0 Å². The van der Waals surface area contributed by atoms with Crippen molar-refractivity contribution in [3.63, 3.8) is 0 Å². The van der Waals surface area contributed by atoms with Crippen molar-refractivity contribution in [2.45, 2.75) is 38.6 Å². The van der Waals surface area contributed by atoms with E-state index in [2.05, 4.69) is 22.9 Å². The van der Waals surface area contributed by atoms with Crippen molar-refractivity contribution in [1.29, 1.82) is 0 Å². The lowest BCUT2D eigenvalue weighted by molar-refractivity contribution is -0.137. The molecule has 0 aromatic rings. The number of carboxylic acids is 1. The smallest absolute Gasteiger partial charge is 0.322 e. The van der Waals surface area contributed by atoms with Gasteiger partial charge in [-0.2, -0.15) is 0 Å². The van der Waals surface area contributed by atoms with Crippen LogP contribution in [0, 0.1) is 5.92 Å². The first kappa shape index (κ1) is 15.3. The van der Waals surface area contributed by atoms with E-state index >= 15 is 0 Å². The third-order valence-corrected chi connectivity index (χ3v) is 3.27. The van der Waals surface area contributed by atoms with Gasteiger partial charge in [0.05, 0.1) is 6.54 Å². The largest absolute Gasteiger partial charge is 0.480 e. The SMILES string of the molecule is CC1CCCCC1NC(=O)NCC(=O)NCC(=O)O. The molecule has 0 spiro atoms. The van der Waals surface area contributed by atoms with Crippen molar-refractivity contribution >= 4 is 17.9 Å². The molecule has 4 N–H and O–H groups in total. The van der Waals surface area contributed by atoms with Gasteiger partial charge in [-0.15, -0.1) is 0 Å². The van der Waals surface area contributed by atoms with Crippen LogP contribution in [0.25, 0.3) is 0 Å². The van der Waals surface area contributed by atoms with Gasteiger partial charge < -0.3 is 21.1 Å². The van der Waals surface area contributed by atoms with E-state index in [0.717, 1.165) is 19.3 Å². The van der Waals surface area contributed by atoms with Crippen LogP contribution in [0.2, 0.25) is 0 Å². The van der Waals surface area contributed by atoms with Crippen LogP contribution in [0.4, 0.5) is 4.79 Å². The number of aliphatic carboxylic acids is 1. The van der Waals surface area contributed by atoms with E-state index in [4.69, 9.17) is 5.11 Å². The topological polar surface area (TPSA) is 108 Å². The molecule has 0 bridgehead atoms. The zero-order valence-electron chi connectivity index (χ0n) is 11.1. The van der Waals surface area contributed by atoms with Crippen LogP contribution in [0.3, 0.4) is 0 Å². The van der Waals surface area contributed by atoms with Gasteiger partial charge in [0.15, 0.2) is 0 Å². The monoisotopic (exact) mass is 271 g/mol. The maximum atomic E-state index is 11.6. The van der Waals surface area contributed by atoms with Crippen molar-refractivity contribution in [2.24, 2.45) is 5.92 Å². The number of rotatable bonds is 5. The van der Waals surface area contributed by atoms with Gasteiger partial charge in [-0.3, -0.25) is 9.59 Å². The second-order valence-corrected chi connectivity index (χ2v) is 4.87. The van der Waals surface area contributed by atoms with Crippen LogP contribution in [0.15, 0.2) is 0 Å². The molecular formula is C12H21N3O4. The molecule has 0 aromatic carbocycles. The van der Waals surface area contributed by atoms with Crippen molar-refractivity contribution < 1.29 is 19.5 Å². The average molecular weight is 271 g/mol. The van der Waals surface area contributed by atoms with Gasteiger partial charge in [-0.1, -0.05) is 19.8 Å². The number of carbonyl (C=O) groups excluding carboxylic acids is 2. The van der Waals surface area contributed by atoms with Crippen molar-refractivity contribution in [1.82, 2.24) is 16.0 Å². The highest BCUT2D eigenvalue weighted by Gasteiger charge is 2.22. The fourth-order valence-electron chi connectivity index (χ4n) is 2.15. The first-order valence-electron chi connectivity index (χ1n) is 6.52. The third-order valence-electron chi connectivity index (χ3n) is 3.27. The summed E-state index contributed by atoms with van der Waals surface area (Å²) in [6, 6.07) is -0.236. The molecule has 1 rings (SSSR count). The fraction of sp³-hybridized carbons (Fsp3) is 0.750. The first-order chi connectivity index (χ1) is 8.99. The Hall–Kier alpha value is -1.79. The Balaban J connectivity index is 2.20. The van der Waals surface area contributed by atoms with E-state index in [1.807, 2.05) is 0 Å². The van der Waals surface area contributed by atoms with E-state index in [1.165, 1.54) is 6.42 Å². The fourth-order valence-corrected chi connectivity index (χ4v) is 2.15. The van der Waals surface area contributed by atoms with Gasteiger partial charge in [-0.05, 0) is 18.8 Å². The van der Waals surface area contributed by atoms with Crippen LogP contribution in [0.5, 0.6) is 0 Å². The Morgan fingerprint density at radius 1 is 1.11 bits per heavy atom. The number of amides is 3. The molecule has 108 valence electrons. The van der Waals surface area contributed by atoms with Crippen LogP contribution >= 0.6 is 0 Å². The number of hydrogen-bond donors (Lipinski definition) is 4. The molecule has 2 unspecified atom stereocenters. The Kier molecular flexibility index (Phi) is 6.11. The summed E-state index contributed by atoms with van der Waals surface area (Å²) in [5.74, 6) is -1.19. The lowest BCUT2D eigenvalue weighted by atomic mass is 9.86. The molecule has 0 aromatic heterocycles. The molecule has 1 aliphatic rings. The summed E-state index contributed by atoms with van der Waals surface area (Å²) in [5, 5.41) is 15.8. The second kappa shape index (κ2) is 7.60. The molecule has 0 radical (unpaired) electrons. The lowest BCUT2D eigenvalue weighted by Gasteiger charge is -2.29. The summed E-state index contributed by atoms with van der Waals surface area (Å²) in [7, 11) is 0. The number of urea groups is 1. The van der Waals surface area contributed by atoms with Gasteiger partial charge in [0.1, 0.15) is 6.54 Å². The summed E-state index contributed by atoms with van der Waals surface area (Å²) < 4.78 is 0. The summed E-state index contributed by atoms with van der Waals surface area (Å²) in [6.45, 7) is 1.44. The van der Waals surface area contributed by atoms with E-state index in [0.29, 0.717) is 5.92 Å². The Morgan fingerprint density at radius 2 is 1.79 bits per heavy atom. The Labute approximate surface area is 112 Å². The van der Waals surface area contributed by atoms with Crippen LogP contribution in [-0.2, 0) is 9.59 Å². The molecular weight excluding hydrogens is 250 g/mol. The molecule has 7 nitrogen and oxygen atoms in total. The van der Waals surface area contributed by atoms with Gasteiger partial charge >= 0.3 is 12.0 Å². The van der Waals surface area contributed by atoms with Gasteiger partial charge in [0, 0.05) is 6.04 Å². The zero-order chi connectivity index (χ0) is 14.3. The summed E-state index contributed by atoms with van der Waals surface area (Å²) >= 11 is 0. The third kappa shape index (κ3) is 6.08. The quantitative estimate of drug-likeness (QED) is 0.567. The summed E-state index contributed by atoms with van der Waals surface area (Å²) in [5.41, 5.74) is 0. The molecule has 0 aliphatic heterocycles. The number of hydrogen-bond acceptors (Lipinski definition) is 3. The van der Waals surface area contributed by atoms with E-state index < -0.39 is 18.4 Å². The Bertz CT molecular complexity index is 346. The highest BCUT2D eigenvalue weighted by Crippen LogP contribution is 2.23. The van der Waals surface area contributed by atoms with Crippen LogP contribution in [0.1, 0.15) is 32.6 Å². The number of nitrogens with one attached hydrogen (secondary N) is 3. The average Bonchev–Trinajstić information content (AvgIpc) is 2.36. The molecule has 0 heterocycles. The number of carboxylic acid groups (broad SMARTS) is 1. The minimum absolute atomic E-state index is 0.149. The zero-order valence-corrected chi connectivity index (χ0v) is 11.1. The number of carbonyl (C=O) groups is 3. The summed E-state index contributed by atoms with van der Waals surface area (Å²) in [6.07, 6.45) is 4.36. The predicted molar refractivity (Wildman–Crippen MR) is 68.6 cm³/mol. The summed E-state index contributed by atoms with van der Waals surface area (Å²) in [4.78, 5) is 33.0. The molecule has 1 aliphatic carbocycles. The minimum atomic E-state index is -1.12. The molecule has 1 saturated carbocycles. The standard InChI is InChI=1S/C12H21N3O4/c1-8-4-2-3-5-9(8)15-12(19)14-6-10(16)13-7-11(17)18/h8-9H,2-7H2,1H3,(H,13,16)(H,17,18)(H2,14,15,19). The van der Waals surface area contributed by atoms with E-state index in [9.17, 15) is 14.4 Å². The second-order valence-electron chi connectivity index (χ2n) is 4.87. The van der Waals surface area contributed by atoms with E-state index in [-0.39, 0.29) is 18.6 Å². The van der Waals surface area contributed by atoms with Gasteiger partial charge in [0.25, 0.3) is 0 Å². The Morgan fingerprint density at radius 3 is 2.42 bits per heavy atom. The highest BCUT2D eigenvalue weighted by atomic mass is 16.4. The van der Waals surface area contributed by atoms with E-state index in [1.54, 1.807) is 0 Å². The molecule has 0 saturated heterocycles. The molecule has 7 heteroatoms. The van der Waals surface area contributed by atoms with Gasteiger partial charge in [0.2, 0.25) is 5.91 Å². The lowest BCUT2D eigenvalue weighted by Crippen LogP contribution is -2.48. The maximum Gasteiger partial charge on any atom is 0.322 e. The molecule has 19 heavy (non-hydrogen) atoms. The van der Waals surface area contributed by atoms with Crippen LogP contribution < -0.4 is 16.0 Å². The highest BCUT2D eigenvalue weighted by molar-refractivity contribution is 5.86. The first-order valence-corrected chi connectivity index (χ1v) is 6.52. The predicted octanol–water partition coefficient (Wildman–Crippen LogP) is 0.0651. The molecule has 3 amide bonds. The maximum absolute atomic E-state index is 11.6. The van der Waals surface area contributed by atoms with Crippen molar-refractivity contribution in [3.05, 3.63) is 0 Å². The van der Waals surface area contributed by atoms with Gasteiger partial charge in [-0.25, -0.2) is 4.79 Å².